The third-order valence-electron chi connectivity index (χ3n) is 6.53. The number of carboxylic acid groups (broad SMARTS) is 1. The van der Waals surface area contributed by atoms with Crippen molar-refractivity contribution in [2.75, 3.05) is 30.3 Å². The summed E-state index contributed by atoms with van der Waals surface area (Å²) in [5.41, 5.74) is 2.46. The van der Waals surface area contributed by atoms with Crippen molar-refractivity contribution < 1.29 is 41.9 Å². The molecule has 0 saturated heterocycles. The van der Waals surface area contributed by atoms with Crippen molar-refractivity contribution in [1.29, 1.82) is 0 Å². The Morgan fingerprint density at radius 3 is 2.66 bits per heavy atom. The van der Waals surface area contributed by atoms with Crippen LogP contribution in [-0.2, 0) is 24.3 Å². The van der Waals surface area contributed by atoms with Gasteiger partial charge in [0.2, 0.25) is 0 Å². The minimum absolute atomic E-state index is 0.110. The second-order valence-electron chi connectivity index (χ2n) is 9.27. The maximum Gasteiger partial charge on any atom is 0.303 e. The van der Waals surface area contributed by atoms with E-state index in [1.807, 2.05) is 25.1 Å². The van der Waals surface area contributed by atoms with Crippen molar-refractivity contribution in [2.45, 2.75) is 43.9 Å². The first-order chi connectivity index (χ1) is 19.7. The van der Waals surface area contributed by atoms with Crippen LogP contribution >= 0.6 is 12.0 Å². The van der Waals surface area contributed by atoms with Crippen LogP contribution in [0.15, 0.2) is 56.8 Å². The molecule has 2 aromatic rings. The average molecular weight is 606 g/mol. The lowest BCUT2D eigenvalue weighted by atomic mass is 10.0. The quantitative estimate of drug-likeness (QED) is 0.0309. The van der Waals surface area contributed by atoms with Crippen LogP contribution in [0.25, 0.3) is 33.3 Å². The van der Waals surface area contributed by atoms with E-state index in [1.54, 1.807) is 12.1 Å². The number of hydrogen-bond donors (Lipinski definition) is 3. The Labute approximate surface area is 240 Å². The fraction of sp³-hybridized carbons (Fsp3) is 0.370. The number of anilines is 1. The zero-order valence-electron chi connectivity index (χ0n) is 22.4. The van der Waals surface area contributed by atoms with Gasteiger partial charge in [-0.1, -0.05) is 17.5 Å². The van der Waals surface area contributed by atoms with Crippen LogP contribution in [0.5, 0.6) is 0 Å². The van der Waals surface area contributed by atoms with Gasteiger partial charge in [0.05, 0.1) is 10.3 Å². The number of carboxylic acids is 1. The minimum atomic E-state index is -4.45. The second-order valence-corrected chi connectivity index (χ2v) is 11.5. The van der Waals surface area contributed by atoms with Gasteiger partial charge in [0.25, 0.3) is 10.1 Å². The zero-order chi connectivity index (χ0) is 29.4. The van der Waals surface area contributed by atoms with Crippen LogP contribution < -0.4 is 10.3 Å². The van der Waals surface area contributed by atoms with E-state index >= 15 is 0 Å². The molecule has 0 saturated carbocycles. The molecule has 0 bridgehead atoms. The Hall–Kier alpha value is -3.27. The SMILES string of the molecule is CCN(CCCSOOO)c1ccc2nc3c4cc(S(=O)(=O)O)ccc4c(=NCCCCCC(=O)O)cc-3oc2c1. The summed E-state index contributed by atoms with van der Waals surface area (Å²) < 4.78 is 44.2. The molecule has 41 heavy (non-hydrogen) atoms. The third kappa shape index (κ3) is 7.93. The van der Waals surface area contributed by atoms with Gasteiger partial charge in [-0.05, 0) is 50.5 Å². The number of fused-ring (bicyclic) bond motifs is 4. The first kappa shape index (κ1) is 30.7. The number of aliphatic carboxylic acids is 1. The monoisotopic (exact) mass is 605 g/mol. The lowest BCUT2D eigenvalue weighted by Gasteiger charge is -2.23. The number of carbonyl (C=O) groups is 1. The molecule has 0 radical (unpaired) electrons. The fourth-order valence-corrected chi connectivity index (χ4v) is 5.41. The van der Waals surface area contributed by atoms with Crippen molar-refractivity contribution in [3.8, 4) is 11.5 Å². The number of hydrogen-bond acceptors (Lipinski definition) is 11. The van der Waals surface area contributed by atoms with Crippen LogP contribution in [-0.4, -0.2) is 59.7 Å². The van der Waals surface area contributed by atoms with E-state index in [1.165, 1.54) is 12.1 Å². The Balaban J connectivity index is 1.74. The van der Waals surface area contributed by atoms with Gasteiger partial charge in [-0.15, -0.1) is 4.33 Å². The fourth-order valence-electron chi connectivity index (χ4n) is 4.55. The molecule has 0 fully saturated rings. The maximum atomic E-state index is 11.9. The Morgan fingerprint density at radius 1 is 1.10 bits per heavy atom. The van der Waals surface area contributed by atoms with Gasteiger partial charge in [0.15, 0.2) is 11.3 Å². The molecule has 0 atom stereocenters. The number of unbranched alkanes of at least 4 members (excludes halogenated alkanes) is 2. The largest absolute Gasteiger partial charge is 0.481 e. The molecule has 0 amide bonds. The van der Waals surface area contributed by atoms with Crippen LogP contribution in [0.3, 0.4) is 0 Å². The first-order valence-corrected chi connectivity index (χ1v) is 15.4. The van der Waals surface area contributed by atoms with Crippen LogP contribution in [0.2, 0.25) is 0 Å². The zero-order valence-corrected chi connectivity index (χ0v) is 24.0. The lowest BCUT2D eigenvalue weighted by molar-refractivity contribution is -0.432. The molecule has 4 rings (SSSR count). The van der Waals surface area contributed by atoms with Gasteiger partial charge in [-0.3, -0.25) is 14.3 Å². The van der Waals surface area contributed by atoms with Crippen LogP contribution in [0, 0.1) is 0 Å². The summed E-state index contributed by atoms with van der Waals surface area (Å²) in [6.07, 6.45) is 2.85. The molecule has 0 spiro atoms. The number of rotatable bonds is 15. The molecule has 220 valence electrons. The molecule has 12 nitrogen and oxygen atoms in total. The summed E-state index contributed by atoms with van der Waals surface area (Å²) in [6, 6.07) is 11.7. The number of benzene rings is 3. The highest BCUT2D eigenvalue weighted by Gasteiger charge is 2.19. The highest BCUT2D eigenvalue weighted by Crippen LogP contribution is 2.33. The normalized spacial score (nSPS) is 12.5. The van der Waals surface area contributed by atoms with E-state index in [-0.39, 0.29) is 11.3 Å². The standard InChI is InChI=1S/C27H31N3O9S2/c1-2-30(13-6-14-40-39-38-33)18-8-11-22-24(15-18)37-25-17-23(28-12-5-3-4-7-26(31)32)20-10-9-19(41(34,35)36)16-21(20)27(25)29-22/h8-11,15-17,33H,2-7,12-14H2,1H3,(H,31,32)(H,34,35,36). The Bertz CT molecular complexity index is 1660. The van der Waals surface area contributed by atoms with Gasteiger partial charge in [-0.2, -0.15) is 8.42 Å². The van der Waals surface area contributed by atoms with E-state index in [4.69, 9.17) is 24.8 Å². The summed E-state index contributed by atoms with van der Waals surface area (Å²) in [5.74, 6) is 0.191. The smallest absolute Gasteiger partial charge is 0.303 e. The molecular weight excluding hydrogens is 574 g/mol. The van der Waals surface area contributed by atoms with E-state index in [9.17, 15) is 17.8 Å². The van der Waals surface area contributed by atoms with Gasteiger partial charge in [0.1, 0.15) is 11.2 Å². The molecule has 1 heterocycles. The third-order valence-corrected chi connectivity index (χ3v) is 7.99. The maximum absolute atomic E-state index is 11.9. The van der Waals surface area contributed by atoms with Gasteiger partial charge in [-0.25, -0.2) is 10.2 Å². The minimum Gasteiger partial charge on any atom is -0.481 e. The molecule has 14 heteroatoms. The molecule has 3 N–H and O–H groups in total. The van der Waals surface area contributed by atoms with Gasteiger partial charge < -0.3 is 14.4 Å². The number of nitrogens with zero attached hydrogens (tertiary/aromatic N) is 3. The van der Waals surface area contributed by atoms with E-state index < -0.39 is 16.1 Å². The Morgan fingerprint density at radius 2 is 1.93 bits per heavy atom. The summed E-state index contributed by atoms with van der Waals surface area (Å²) >= 11 is 1.01. The van der Waals surface area contributed by atoms with Crippen molar-refractivity contribution >= 4 is 55.7 Å². The second kappa shape index (κ2) is 14.1. The molecule has 1 aliphatic carbocycles. The summed E-state index contributed by atoms with van der Waals surface area (Å²) in [6.45, 7) is 3.95. The predicted octanol–water partition coefficient (Wildman–Crippen LogP) is 5.16. The van der Waals surface area contributed by atoms with Crippen molar-refractivity contribution in [3.05, 3.63) is 47.8 Å². The van der Waals surface area contributed by atoms with E-state index in [0.717, 1.165) is 37.2 Å². The van der Waals surface area contributed by atoms with Crippen LogP contribution in [0.4, 0.5) is 5.69 Å². The molecule has 2 aromatic carbocycles. The van der Waals surface area contributed by atoms with Crippen LogP contribution in [0.1, 0.15) is 39.0 Å². The predicted molar refractivity (Wildman–Crippen MR) is 154 cm³/mol. The topological polar surface area (TPSA) is 172 Å². The van der Waals surface area contributed by atoms with Crippen molar-refractivity contribution in [3.63, 3.8) is 0 Å². The van der Waals surface area contributed by atoms with E-state index in [0.29, 0.717) is 70.2 Å². The van der Waals surface area contributed by atoms with E-state index in [2.05, 4.69) is 14.3 Å². The molecular formula is C27H31N3O9S2. The Kier molecular flexibility index (Phi) is 10.5. The molecule has 1 aliphatic heterocycles. The van der Waals surface area contributed by atoms with Crippen molar-refractivity contribution in [1.82, 2.24) is 4.98 Å². The summed E-state index contributed by atoms with van der Waals surface area (Å²) in [5, 5.41) is 22.4. The highest BCUT2D eigenvalue weighted by atomic mass is 32.2. The average Bonchev–Trinajstić information content (AvgIpc) is 2.94. The first-order valence-electron chi connectivity index (χ1n) is 13.1. The van der Waals surface area contributed by atoms with Crippen molar-refractivity contribution in [2.24, 2.45) is 4.99 Å². The summed E-state index contributed by atoms with van der Waals surface area (Å²) in [4.78, 5) is 22.1. The molecule has 0 aromatic heterocycles. The number of aromatic nitrogens is 1. The summed E-state index contributed by atoms with van der Waals surface area (Å²) in [7, 11) is -4.45. The highest BCUT2D eigenvalue weighted by molar-refractivity contribution is 7.94. The van der Waals surface area contributed by atoms with Gasteiger partial charge in [0, 0.05) is 72.4 Å². The molecule has 0 unspecified atom stereocenters. The molecule has 2 aliphatic rings. The van der Waals surface area contributed by atoms with Gasteiger partial charge >= 0.3 is 5.97 Å². The lowest BCUT2D eigenvalue weighted by Crippen LogP contribution is -2.24.